The molecule has 4 rings (SSSR count). The molecule has 2 aromatic carbocycles. The van der Waals surface area contributed by atoms with Crippen molar-refractivity contribution in [3.8, 4) is 17.6 Å². The Morgan fingerprint density at radius 1 is 1.26 bits per heavy atom. The normalized spacial score (nSPS) is 18.8. The molecule has 39 heavy (non-hydrogen) atoms. The summed E-state index contributed by atoms with van der Waals surface area (Å²) in [6.07, 6.45) is -2.15. The molecular formula is C29H28ClF3N2O4. The molecule has 1 aliphatic heterocycles. The highest BCUT2D eigenvalue weighted by Gasteiger charge is 2.34. The SMILES string of the molecule is COc1ccc2nccc([C@@H](O)CC[C@@H]3CCN(CC#Cc4cc(C(F)(F)F)ccc4Cl)C[C@@H]3C(=O)O)c2c1. The molecule has 1 saturated heterocycles. The van der Waals surface area contributed by atoms with Crippen LogP contribution < -0.4 is 4.74 Å². The Balaban J connectivity index is 1.39. The number of aliphatic carboxylic acids is 1. The summed E-state index contributed by atoms with van der Waals surface area (Å²) in [5.74, 6) is 4.47. The molecule has 2 N–H and O–H groups in total. The van der Waals surface area contributed by atoms with Crippen LogP contribution in [0.15, 0.2) is 48.7 Å². The van der Waals surface area contributed by atoms with E-state index in [1.54, 1.807) is 25.4 Å². The standard InChI is InChI=1S/C29H28ClF3N2O4/c1-39-21-6-8-26-23(16-21)22(10-12-34-26)27(36)9-4-18-11-14-35(17-24(18)28(37)38)13-2-3-19-15-20(29(31,32)33)5-7-25(19)30/h5-8,10,12,15-16,18,24,27,36H,4,9,11,13-14,17H2,1H3,(H,37,38)/t18-,24+,27+/m1/s1. The molecule has 206 valence electrons. The maximum atomic E-state index is 13.0. The molecule has 0 aliphatic carbocycles. The summed E-state index contributed by atoms with van der Waals surface area (Å²) in [5, 5.41) is 21.8. The summed E-state index contributed by atoms with van der Waals surface area (Å²) in [4.78, 5) is 18.3. The molecule has 10 heteroatoms. The molecule has 1 aromatic heterocycles. The van der Waals surface area contributed by atoms with Crippen molar-refractivity contribution in [3.63, 3.8) is 0 Å². The van der Waals surface area contributed by atoms with E-state index in [9.17, 15) is 28.2 Å². The Hall–Kier alpha value is -3.32. The quantitative estimate of drug-likeness (QED) is 0.355. The van der Waals surface area contributed by atoms with Gasteiger partial charge in [0.2, 0.25) is 0 Å². The number of nitrogens with zero attached hydrogens (tertiary/aromatic N) is 2. The largest absolute Gasteiger partial charge is 0.497 e. The average Bonchev–Trinajstić information content (AvgIpc) is 2.91. The zero-order chi connectivity index (χ0) is 28.2. The van der Waals surface area contributed by atoms with Crippen LogP contribution in [-0.4, -0.2) is 52.8 Å². The van der Waals surface area contributed by atoms with Gasteiger partial charge < -0.3 is 14.9 Å². The Morgan fingerprint density at radius 2 is 2.05 bits per heavy atom. The third-order valence-corrected chi connectivity index (χ3v) is 7.46. The van der Waals surface area contributed by atoms with Crippen LogP contribution in [0.3, 0.4) is 0 Å². The lowest BCUT2D eigenvalue weighted by atomic mass is 9.81. The predicted molar refractivity (Wildman–Crippen MR) is 141 cm³/mol. The van der Waals surface area contributed by atoms with Gasteiger partial charge in [0.1, 0.15) is 5.75 Å². The highest BCUT2D eigenvalue weighted by Crippen LogP contribution is 2.34. The van der Waals surface area contributed by atoms with Gasteiger partial charge in [-0.1, -0.05) is 23.4 Å². The number of benzene rings is 2. The number of methoxy groups -OCH3 is 1. The van der Waals surface area contributed by atoms with Crippen LogP contribution in [0, 0.1) is 23.7 Å². The average molecular weight is 561 g/mol. The minimum atomic E-state index is -4.50. The molecule has 0 amide bonds. The number of fused-ring (bicyclic) bond motifs is 1. The number of pyridine rings is 1. The van der Waals surface area contributed by atoms with Crippen molar-refractivity contribution >= 4 is 28.5 Å². The molecule has 1 aliphatic rings. The Kier molecular flexibility index (Phi) is 9.01. The molecular weight excluding hydrogens is 533 g/mol. The number of likely N-dealkylation sites (tertiary alicyclic amines) is 1. The van der Waals surface area contributed by atoms with E-state index in [1.807, 2.05) is 17.0 Å². The van der Waals surface area contributed by atoms with E-state index in [4.69, 9.17) is 16.3 Å². The van der Waals surface area contributed by atoms with Gasteiger partial charge in [0.05, 0.1) is 41.8 Å². The first-order chi connectivity index (χ1) is 18.6. The number of hydrogen-bond acceptors (Lipinski definition) is 5. The lowest BCUT2D eigenvalue weighted by molar-refractivity contribution is -0.146. The molecule has 3 aromatic rings. The predicted octanol–water partition coefficient (Wildman–Crippen LogP) is 5.80. The first-order valence-corrected chi connectivity index (χ1v) is 12.9. The van der Waals surface area contributed by atoms with Crippen molar-refractivity contribution < 1.29 is 32.9 Å². The van der Waals surface area contributed by atoms with E-state index < -0.39 is 29.7 Å². The summed E-state index contributed by atoms with van der Waals surface area (Å²) in [5.41, 5.74) is 0.693. The highest BCUT2D eigenvalue weighted by molar-refractivity contribution is 6.31. The fraction of sp³-hybridized carbons (Fsp3) is 0.379. The zero-order valence-corrected chi connectivity index (χ0v) is 22.0. The van der Waals surface area contributed by atoms with Gasteiger partial charge in [-0.3, -0.25) is 14.7 Å². The van der Waals surface area contributed by atoms with E-state index in [0.717, 1.165) is 23.0 Å². The molecule has 0 spiro atoms. The monoisotopic (exact) mass is 560 g/mol. The first kappa shape index (κ1) is 28.7. The third kappa shape index (κ3) is 7.01. The van der Waals surface area contributed by atoms with E-state index in [-0.39, 0.29) is 29.6 Å². The van der Waals surface area contributed by atoms with Crippen LogP contribution in [0.2, 0.25) is 5.02 Å². The lowest BCUT2D eigenvalue weighted by Gasteiger charge is -2.36. The van der Waals surface area contributed by atoms with Gasteiger partial charge in [-0.25, -0.2) is 0 Å². The minimum absolute atomic E-state index is 0.0754. The number of ether oxygens (including phenoxy) is 1. The third-order valence-electron chi connectivity index (χ3n) is 7.13. The maximum absolute atomic E-state index is 13.0. The van der Waals surface area contributed by atoms with Gasteiger partial charge in [-0.05, 0) is 79.8 Å². The number of hydrogen-bond donors (Lipinski definition) is 2. The summed E-state index contributed by atoms with van der Waals surface area (Å²) >= 11 is 6.01. The van der Waals surface area contributed by atoms with Crippen molar-refractivity contribution in [2.75, 3.05) is 26.7 Å². The van der Waals surface area contributed by atoms with Crippen molar-refractivity contribution in [3.05, 3.63) is 70.4 Å². The van der Waals surface area contributed by atoms with Crippen LogP contribution >= 0.6 is 11.6 Å². The number of aromatic nitrogens is 1. The van der Waals surface area contributed by atoms with Crippen molar-refractivity contribution in [2.45, 2.75) is 31.5 Å². The molecule has 0 radical (unpaired) electrons. The van der Waals surface area contributed by atoms with Crippen LogP contribution in [0.5, 0.6) is 5.75 Å². The van der Waals surface area contributed by atoms with Crippen LogP contribution in [-0.2, 0) is 11.0 Å². The fourth-order valence-corrected chi connectivity index (χ4v) is 5.14. The number of piperidine rings is 1. The zero-order valence-electron chi connectivity index (χ0n) is 21.2. The molecule has 0 saturated carbocycles. The Bertz CT molecular complexity index is 1400. The topological polar surface area (TPSA) is 82.9 Å². The van der Waals surface area contributed by atoms with Crippen molar-refractivity contribution in [2.24, 2.45) is 11.8 Å². The molecule has 0 bridgehead atoms. The Labute approximate surface area is 229 Å². The summed E-state index contributed by atoms with van der Waals surface area (Å²) in [7, 11) is 1.57. The van der Waals surface area contributed by atoms with E-state index in [1.165, 1.54) is 6.07 Å². The van der Waals surface area contributed by atoms with Crippen LogP contribution in [0.1, 0.15) is 42.1 Å². The number of aliphatic hydroxyl groups is 1. The number of carboxylic acid groups (broad SMARTS) is 1. The van der Waals surface area contributed by atoms with Gasteiger partial charge in [-0.15, -0.1) is 0 Å². The molecule has 3 atom stereocenters. The number of alkyl halides is 3. The lowest BCUT2D eigenvalue weighted by Crippen LogP contribution is -2.44. The van der Waals surface area contributed by atoms with Gasteiger partial charge >= 0.3 is 12.1 Å². The number of aliphatic hydroxyl groups excluding tert-OH is 1. The van der Waals surface area contributed by atoms with E-state index in [0.29, 0.717) is 37.1 Å². The second-order valence-electron chi connectivity index (χ2n) is 9.60. The van der Waals surface area contributed by atoms with Gasteiger partial charge in [0, 0.05) is 23.7 Å². The number of carbonyl (C=O) groups is 1. The maximum Gasteiger partial charge on any atom is 0.416 e. The molecule has 1 fully saturated rings. The van der Waals surface area contributed by atoms with Crippen LogP contribution in [0.4, 0.5) is 13.2 Å². The second kappa shape index (κ2) is 12.2. The van der Waals surface area contributed by atoms with Crippen molar-refractivity contribution in [1.82, 2.24) is 9.88 Å². The van der Waals surface area contributed by atoms with E-state index in [2.05, 4.69) is 16.8 Å². The second-order valence-corrected chi connectivity index (χ2v) is 10.0. The fourth-order valence-electron chi connectivity index (χ4n) is 4.97. The van der Waals surface area contributed by atoms with Crippen LogP contribution in [0.25, 0.3) is 10.9 Å². The van der Waals surface area contributed by atoms with E-state index >= 15 is 0 Å². The summed E-state index contributed by atoms with van der Waals surface area (Å²) < 4.78 is 44.3. The van der Waals surface area contributed by atoms with Crippen molar-refractivity contribution in [1.29, 1.82) is 0 Å². The Morgan fingerprint density at radius 3 is 2.77 bits per heavy atom. The molecule has 0 unspecified atom stereocenters. The number of rotatable bonds is 7. The molecule has 2 heterocycles. The summed E-state index contributed by atoms with van der Waals surface area (Å²) in [6.45, 7) is 1.05. The van der Waals surface area contributed by atoms with Gasteiger partial charge in [0.15, 0.2) is 0 Å². The minimum Gasteiger partial charge on any atom is -0.497 e. The summed E-state index contributed by atoms with van der Waals surface area (Å²) in [6, 6.07) is 10.2. The highest BCUT2D eigenvalue weighted by atomic mass is 35.5. The van der Waals surface area contributed by atoms with Gasteiger partial charge in [0.25, 0.3) is 0 Å². The smallest absolute Gasteiger partial charge is 0.416 e. The first-order valence-electron chi connectivity index (χ1n) is 12.5. The van der Waals surface area contributed by atoms with Gasteiger partial charge in [-0.2, -0.15) is 13.2 Å². The molecule has 6 nitrogen and oxygen atoms in total. The number of halogens is 4. The number of carboxylic acids is 1.